The Labute approximate surface area is 176 Å². The van der Waals surface area contributed by atoms with Crippen molar-refractivity contribution in [3.8, 4) is 23.0 Å². The molecule has 0 heterocycles. The molecule has 0 atom stereocenters. The minimum Gasteiger partial charge on any atom is -0.493 e. The molecule has 0 aromatic heterocycles. The van der Waals surface area contributed by atoms with Crippen molar-refractivity contribution < 1.29 is 23.7 Å². The van der Waals surface area contributed by atoms with E-state index in [-0.39, 0.29) is 0 Å². The molecule has 0 radical (unpaired) electrons. The fraction of sp³-hybridized carbons (Fsp3) is 0.160. The lowest BCUT2D eigenvalue weighted by molar-refractivity contribution is -0.129. The second-order valence-electron chi connectivity index (χ2n) is 6.32. The first-order chi connectivity index (χ1) is 14.7. The van der Waals surface area contributed by atoms with Gasteiger partial charge in [-0.2, -0.15) is 0 Å². The number of carbonyl (C=O) groups excluding carboxylic acids is 1. The average Bonchev–Trinajstić information content (AvgIpc) is 2.78. The summed E-state index contributed by atoms with van der Waals surface area (Å²) in [6.07, 6.45) is 3.02. The molecule has 5 heteroatoms. The van der Waals surface area contributed by atoms with Crippen LogP contribution in [0.15, 0.2) is 78.9 Å². The highest BCUT2D eigenvalue weighted by atomic mass is 16.6. The quantitative estimate of drug-likeness (QED) is 0.275. The van der Waals surface area contributed by atoms with Gasteiger partial charge in [-0.25, -0.2) is 4.79 Å². The van der Waals surface area contributed by atoms with Crippen molar-refractivity contribution in [2.45, 2.75) is 13.5 Å². The fourth-order valence-corrected chi connectivity index (χ4v) is 2.76. The summed E-state index contributed by atoms with van der Waals surface area (Å²) in [5.74, 6) is 1.64. The van der Waals surface area contributed by atoms with Crippen molar-refractivity contribution in [1.29, 1.82) is 0 Å². The van der Waals surface area contributed by atoms with E-state index >= 15 is 0 Å². The maximum absolute atomic E-state index is 12.2. The van der Waals surface area contributed by atoms with E-state index in [1.807, 2.05) is 55.5 Å². The number of rotatable bonds is 9. The Kier molecular flexibility index (Phi) is 7.50. The molecule has 3 aromatic rings. The molecule has 5 nitrogen and oxygen atoms in total. The monoisotopic (exact) mass is 404 g/mol. The molecule has 0 saturated carbocycles. The molecule has 3 rings (SSSR count). The molecule has 0 spiro atoms. The lowest BCUT2D eigenvalue weighted by Gasteiger charge is -2.11. The zero-order chi connectivity index (χ0) is 21.2. The summed E-state index contributed by atoms with van der Waals surface area (Å²) in [6.45, 7) is 2.81. The summed E-state index contributed by atoms with van der Waals surface area (Å²) in [7, 11) is 1.58. The number of benzene rings is 3. The van der Waals surface area contributed by atoms with E-state index in [0.29, 0.717) is 36.2 Å². The van der Waals surface area contributed by atoms with Crippen molar-refractivity contribution in [3.63, 3.8) is 0 Å². The molecule has 0 fully saturated rings. The van der Waals surface area contributed by atoms with Crippen LogP contribution in [-0.4, -0.2) is 19.7 Å². The molecule has 0 aliphatic rings. The van der Waals surface area contributed by atoms with Crippen LogP contribution in [0.4, 0.5) is 0 Å². The molecule has 154 valence electrons. The normalized spacial score (nSPS) is 10.6. The maximum Gasteiger partial charge on any atom is 0.336 e. The Morgan fingerprint density at radius 1 is 0.833 bits per heavy atom. The lowest BCUT2D eigenvalue weighted by atomic mass is 10.2. The van der Waals surface area contributed by atoms with E-state index in [1.54, 1.807) is 37.5 Å². The highest BCUT2D eigenvalue weighted by Crippen LogP contribution is 2.30. The number of hydrogen-bond donors (Lipinski definition) is 0. The summed E-state index contributed by atoms with van der Waals surface area (Å²) in [6, 6.07) is 22.4. The van der Waals surface area contributed by atoms with Gasteiger partial charge in [-0.3, -0.25) is 0 Å². The van der Waals surface area contributed by atoms with Gasteiger partial charge in [0.05, 0.1) is 13.7 Å². The van der Waals surface area contributed by atoms with Crippen molar-refractivity contribution in [3.05, 3.63) is 90.0 Å². The van der Waals surface area contributed by atoms with Crippen molar-refractivity contribution >= 4 is 12.0 Å². The predicted octanol–water partition coefficient (Wildman–Crippen LogP) is 5.29. The molecule has 0 bridgehead atoms. The Morgan fingerprint density at radius 2 is 1.53 bits per heavy atom. The van der Waals surface area contributed by atoms with Gasteiger partial charge >= 0.3 is 5.97 Å². The van der Waals surface area contributed by atoms with E-state index in [4.69, 9.17) is 18.9 Å². The minimum atomic E-state index is -0.495. The molecule has 0 N–H and O–H groups in total. The van der Waals surface area contributed by atoms with Crippen LogP contribution in [0.1, 0.15) is 18.1 Å². The summed E-state index contributed by atoms with van der Waals surface area (Å²) in [5.41, 5.74) is 1.85. The van der Waals surface area contributed by atoms with Crippen LogP contribution in [0.25, 0.3) is 6.08 Å². The topological polar surface area (TPSA) is 54.0 Å². The van der Waals surface area contributed by atoms with Gasteiger partial charge < -0.3 is 18.9 Å². The van der Waals surface area contributed by atoms with Crippen LogP contribution < -0.4 is 18.9 Å². The molecule has 0 saturated heterocycles. The van der Waals surface area contributed by atoms with Crippen LogP contribution in [0, 0.1) is 0 Å². The van der Waals surface area contributed by atoms with Gasteiger partial charge in [0.25, 0.3) is 0 Å². The SMILES string of the molecule is CCOc1ccccc1OC(=O)/C=C/c1ccc(OCc2ccccc2)c(OC)c1. The van der Waals surface area contributed by atoms with Crippen molar-refractivity contribution in [2.75, 3.05) is 13.7 Å². The molecule has 0 aliphatic carbocycles. The van der Waals surface area contributed by atoms with Crippen molar-refractivity contribution in [2.24, 2.45) is 0 Å². The number of ether oxygens (including phenoxy) is 4. The first-order valence-electron chi connectivity index (χ1n) is 9.66. The van der Waals surface area contributed by atoms with Gasteiger partial charge in [0, 0.05) is 6.08 Å². The van der Waals surface area contributed by atoms with Crippen LogP contribution in [0.2, 0.25) is 0 Å². The summed E-state index contributed by atoms with van der Waals surface area (Å²) in [4.78, 5) is 12.2. The Morgan fingerprint density at radius 3 is 2.27 bits per heavy atom. The Hall–Kier alpha value is -3.73. The number of methoxy groups -OCH3 is 1. The first-order valence-corrected chi connectivity index (χ1v) is 9.66. The zero-order valence-corrected chi connectivity index (χ0v) is 17.0. The number of carbonyl (C=O) groups is 1. The Bertz CT molecular complexity index is 995. The van der Waals surface area contributed by atoms with Gasteiger partial charge in [0.2, 0.25) is 0 Å². The largest absolute Gasteiger partial charge is 0.493 e. The number of para-hydroxylation sites is 2. The van der Waals surface area contributed by atoms with Crippen molar-refractivity contribution in [1.82, 2.24) is 0 Å². The smallest absolute Gasteiger partial charge is 0.336 e. The first kappa shape index (κ1) is 21.0. The molecule has 0 unspecified atom stereocenters. The molecule has 0 aliphatic heterocycles. The van der Waals surface area contributed by atoms with E-state index in [1.165, 1.54) is 6.08 Å². The third-order valence-electron chi connectivity index (χ3n) is 4.20. The fourth-order valence-electron chi connectivity index (χ4n) is 2.76. The van der Waals surface area contributed by atoms with Crippen LogP contribution >= 0.6 is 0 Å². The number of esters is 1. The zero-order valence-electron chi connectivity index (χ0n) is 17.0. The molecular formula is C25H24O5. The van der Waals surface area contributed by atoms with Gasteiger partial charge in [0.1, 0.15) is 6.61 Å². The highest BCUT2D eigenvalue weighted by molar-refractivity contribution is 5.89. The third-order valence-corrected chi connectivity index (χ3v) is 4.20. The average molecular weight is 404 g/mol. The van der Waals surface area contributed by atoms with Gasteiger partial charge in [-0.1, -0.05) is 48.5 Å². The van der Waals surface area contributed by atoms with E-state index in [9.17, 15) is 4.79 Å². The third kappa shape index (κ3) is 5.88. The van der Waals surface area contributed by atoms with Crippen LogP contribution in [-0.2, 0) is 11.4 Å². The van der Waals surface area contributed by atoms with Gasteiger partial charge in [-0.15, -0.1) is 0 Å². The summed E-state index contributed by atoms with van der Waals surface area (Å²) in [5, 5.41) is 0. The van der Waals surface area contributed by atoms with Gasteiger partial charge in [-0.05, 0) is 48.4 Å². The standard InChI is InChI=1S/C25H24O5/c1-3-28-21-11-7-8-12-23(21)30-25(26)16-14-19-13-15-22(24(17-19)27-2)29-18-20-9-5-4-6-10-20/h4-17H,3,18H2,1-2H3/b16-14+. The van der Waals surface area contributed by atoms with Crippen LogP contribution in [0.3, 0.4) is 0 Å². The molecule has 30 heavy (non-hydrogen) atoms. The summed E-state index contributed by atoms with van der Waals surface area (Å²) < 4.78 is 22.1. The van der Waals surface area contributed by atoms with Gasteiger partial charge in [0.15, 0.2) is 23.0 Å². The van der Waals surface area contributed by atoms with E-state index in [2.05, 4.69) is 0 Å². The van der Waals surface area contributed by atoms with E-state index in [0.717, 1.165) is 11.1 Å². The molecular weight excluding hydrogens is 380 g/mol. The van der Waals surface area contributed by atoms with Crippen LogP contribution in [0.5, 0.6) is 23.0 Å². The molecule has 0 amide bonds. The number of hydrogen-bond acceptors (Lipinski definition) is 5. The highest BCUT2D eigenvalue weighted by Gasteiger charge is 2.08. The Balaban J connectivity index is 1.64. The second-order valence-corrected chi connectivity index (χ2v) is 6.32. The second kappa shape index (κ2) is 10.7. The van der Waals surface area contributed by atoms with E-state index < -0.39 is 5.97 Å². The summed E-state index contributed by atoms with van der Waals surface area (Å²) >= 11 is 0. The predicted molar refractivity (Wildman–Crippen MR) is 116 cm³/mol. The lowest BCUT2D eigenvalue weighted by Crippen LogP contribution is -2.05. The minimum absolute atomic E-state index is 0.385. The molecule has 3 aromatic carbocycles. The maximum atomic E-state index is 12.2.